The van der Waals surface area contributed by atoms with Crippen molar-refractivity contribution in [1.82, 2.24) is 9.97 Å². The zero-order chi connectivity index (χ0) is 16.9. The number of methoxy groups -OCH3 is 2. The third-order valence-corrected chi connectivity index (χ3v) is 4.40. The second-order valence-corrected chi connectivity index (χ2v) is 6.02. The molecule has 0 spiro atoms. The highest BCUT2D eigenvalue weighted by molar-refractivity contribution is 5.64. The van der Waals surface area contributed by atoms with Gasteiger partial charge >= 0.3 is 0 Å². The molecule has 1 heterocycles. The van der Waals surface area contributed by atoms with Crippen molar-refractivity contribution < 1.29 is 9.47 Å². The Hall–Kier alpha value is -2.30. The van der Waals surface area contributed by atoms with E-state index < -0.39 is 0 Å². The molecule has 0 saturated carbocycles. The Morgan fingerprint density at radius 1 is 1.08 bits per heavy atom. The van der Waals surface area contributed by atoms with E-state index in [1.54, 1.807) is 14.2 Å². The van der Waals surface area contributed by atoms with Crippen LogP contribution in [0.3, 0.4) is 0 Å². The quantitative estimate of drug-likeness (QED) is 0.783. The van der Waals surface area contributed by atoms with Crippen LogP contribution in [0, 0.1) is 0 Å². The SMILES string of the molecule is CCCCNc1nc(-c2ccc(OC)c(OC)c2)nc2c1CCC2. The zero-order valence-electron chi connectivity index (χ0n) is 14.7. The second-order valence-electron chi connectivity index (χ2n) is 6.02. The standard InChI is InChI=1S/C19H25N3O2/c1-4-5-11-20-19-14-7-6-8-15(14)21-18(22-19)13-9-10-16(23-2)17(12-13)24-3/h9-10,12H,4-8,11H2,1-3H3,(H,20,21,22). The van der Waals surface area contributed by atoms with Crippen LogP contribution in [-0.2, 0) is 12.8 Å². The number of unbranched alkanes of at least 4 members (excludes halogenated alkanes) is 1. The Morgan fingerprint density at radius 2 is 1.92 bits per heavy atom. The Balaban J connectivity index is 1.97. The number of benzene rings is 1. The van der Waals surface area contributed by atoms with Crippen LogP contribution in [0.2, 0.25) is 0 Å². The average molecular weight is 327 g/mol. The molecule has 1 aliphatic carbocycles. The third-order valence-electron chi connectivity index (χ3n) is 4.40. The fraction of sp³-hybridized carbons (Fsp3) is 0.474. The predicted molar refractivity (Wildman–Crippen MR) is 96.0 cm³/mol. The number of nitrogens with zero attached hydrogens (tertiary/aromatic N) is 2. The molecule has 0 amide bonds. The fourth-order valence-corrected chi connectivity index (χ4v) is 3.07. The Bertz CT molecular complexity index is 716. The number of ether oxygens (including phenoxy) is 2. The minimum Gasteiger partial charge on any atom is -0.493 e. The number of fused-ring (bicyclic) bond motifs is 1. The maximum absolute atomic E-state index is 5.40. The minimum atomic E-state index is 0.694. The summed E-state index contributed by atoms with van der Waals surface area (Å²) in [5, 5.41) is 3.50. The molecule has 1 N–H and O–H groups in total. The summed E-state index contributed by atoms with van der Waals surface area (Å²) in [5.74, 6) is 3.15. The van der Waals surface area contributed by atoms with Crippen molar-refractivity contribution in [3.63, 3.8) is 0 Å². The number of nitrogens with one attached hydrogen (secondary N) is 1. The van der Waals surface area contributed by atoms with Gasteiger partial charge in [-0.2, -0.15) is 0 Å². The summed E-state index contributed by atoms with van der Waals surface area (Å²) in [4.78, 5) is 9.59. The van der Waals surface area contributed by atoms with Crippen molar-refractivity contribution in [2.75, 3.05) is 26.1 Å². The van der Waals surface area contributed by atoms with E-state index in [0.717, 1.165) is 49.4 Å². The van der Waals surface area contributed by atoms with Crippen molar-refractivity contribution in [3.05, 3.63) is 29.5 Å². The lowest BCUT2D eigenvalue weighted by molar-refractivity contribution is 0.355. The van der Waals surface area contributed by atoms with Crippen LogP contribution in [-0.4, -0.2) is 30.7 Å². The summed E-state index contributed by atoms with van der Waals surface area (Å²) in [5.41, 5.74) is 3.41. The maximum Gasteiger partial charge on any atom is 0.161 e. The van der Waals surface area contributed by atoms with E-state index in [1.165, 1.54) is 17.7 Å². The molecule has 0 saturated heterocycles. The number of anilines is 1. The minimum absolute atomic E-state index is 0.694. The van der Waals surface area contributed by atoms with E-state index in [-0.39, 0.29) is 0 Å². The first-order valence-corrected chi connectivity index (χ1v) is 8.62. The van der Waals surface area contributed by atoms with Gasteiger partial charge in [0, 0.05) is 23.4 Å². The van der Waals surface area contributed by atoms with E-state index >= 15 is 0 Å². The second kappa shape index (κ2) is 7.51. The van der Waals surface area contributed by atoms with Gasteiger partial charge in [0.25, 0.3) is 0 Å². The van der Waals surface area contributed by atoms with Gasteiger partial charge in [-0.15, -0.1) is 0 Å². The molecule has 0 aliphatic heterocycles. The van der Waals surface area contributed by atoms with Crippen LogP contribution in [0.25, 0.3) is 11.4 Å². The highest BCUT2D eigenvalue weighted by Gasteiger charge is 2.20. The van der Waals surface area contributed by atoms with E-state index in [4.69, 9.17) is 19.4 Å². The van der Waals surface area contributed by atoms with Gasteiger partial charge < -0.3 is 14.8 Å². The Morgan fingerprint density at radius 3 is 2.67 bits per heavy atom. The monoisotopic (exact) mass is 327 g/mol. The average Bonchev–Trinajstić information content (AvgIpc) is 3.10. The molecular formula is C19H25N3O2. The Labute approximate surface area is 143 Å². The first-order valence-electron chi connectivity index (χ1n) is 8.62. The topological polar surface area (TPSA) is 56.3 Å². The van der Waals surface area contributed by atoms with Gasteiger partial charge in [-0.25, -0.2) is 9.97 Å². The van der Waals surface area contributed by atoms with Gasteiger partial charge in [-0.1, -0.05) is 13.3 Å². The van der Waals surface area contributed by atoms with Crippen LogP contribution >= 0.6 is 0 Å². The normalized spacial score (nSPS) is 12.8. The summed E-state index contributed by atoms with van der Waals surface area (Å²) in [6, 6.07) is 5.81. The number of aromatic nitrogens is 2. The lowest BCUT2D eigenvalue weighted by Crippen LogP contribution is -2.08. The number of rotatable bonds is 7. The van der Waals surface area contributed by atoms with Crippen LogP contribution in [0.4, 0.5) is 5.82 Å². The molecule has 0 radical (unpaired) electrons. The van der Waals surface area contributed by atoms with E-state index in [9.17, 15) is 0 Å². The molecule has 24 heavy (non-hydrogen) atoms. The van der Waals surface area contributed by atoms with Gasteiger partial charge in [0.2, 0.25) is 0 Å². The molecule has 0 atom stereocenters. The van der Waals surface area contributed by atoms with Gasteiger partial charge in [0.1, 0.15) is 5.82 Å². The van der Waals surface area contributed by atoms with Crippen molar-refractivity contribution in [2.24, 2.45) is 0 Å². The molecule has 128 valence electrons. The first-order chi connectivity index (χ1) is 11.8. The van der Waals surface area contributed by atoms with Crippen molar-refractivity contribution in [3.8, 4) is 22.9 Å². The lowest BCUT2D eigenvalue weighted by atomic mass is 10.1. The summed E-state index contributed by atoms with van der Waals surface area (Å²) in [6.07, 6.45) is 5.56. The lowest BCUT2D eigenvalue weighted by Gasteiger charge is -2.13. The molecule has 2 aromatic rings. The van der Waals surface area contributed by atoms with Gasteiger partial charge in [-0.3, -0.25) is 0 Å². The summed E-state index contributed by atoms with van der Waals surface area (Å²) in [6.45, 7) is 3.15. The van der Waals surface area contributed by atoms with Gasteiger partial charge in [0.05, 0.1) is 14.2 Å². The largest absolute Gasteiger partial charge is 0.493 e. The molecule has 1 aromatic heterocycles. The predicted octanol–water partition coefficient (Wildman–Crippen LogP) is 3.86. The fourth-order valence-electron chi connectivity index (χ4n) is 3.07. The van der Waals surface area contributed by atoms with Crippen LogP contribution < -0.4 is 14.8 Å². The van der Waals surface area contributed by atoms with Crippen molar-refractivity contribution in [2.45, 2.75) is 39.0 Å². The molecule has 1 aromatic carbocycles. The van der Waals surface area contributed by atoms with E-state index in [2.05, 4.69) is 12.2 Å². The molecule has 3 rings (SSSR count). The highest BCUT2D eigenvalue weighted by atomic mass is 16.5. The molecule has 1 aliphatic rings. The van der Waals surface area contributed by atoms with Crippen molar-refractivity contribution >= 4 is 5.82 Å². The number of hydrogen-bond acceptors (Lipinski definition) is 5. The summed E-state index contributed by atoms with van der Waals surface area (Å²) in [7, 11) is 3.28. The molecule has 0 fully saturated rings. The summed E-state index contributed by atoms with van der Waals surface area (Å²) < 4.78 is 10.7. The number of hydrogen-bond donors (Lipinski definition) is 1. The van der Waals surface area contributed by atoms with E-state index in [1.807, 2.05) is 18.2 Å². The highest BCUT2D eigenvalue weighted by Crippen LogP contribution is 2.33. The van der Waals surface area contributed by atoms with E-state index in [0.29, 0.717) is 11.5 Å². The zero-order valence-corrected chi connectivity index (χ0v) is 14.7. The molecule has 5 nitrogen and oxygen atoms in total. The number of aryl methyl sites for hydroxylation is 1. The van der Waals surface area contributed by atoms with Gasteiger partial charge in [-0.05, 0) is 43.9 Å². The summed E-state index contributed by atoms with van der Waals surface area (Å²) >= 11 is 0. The Kier molecular flexibility index (Phi) is 5.18. The van der Waals surface area contributed by atoms with Crippen LogP contribution in [0.1, 0.15) is 37.4 Å². The molecular weight excluding hydrogens is 302 g/mol. The van der Waals surface area contributed by atoms with Crippen LogP contribution in [0.15, 0.2) is 18.2 Å². The molecule has 5 heteroatoms. The third kappa shape index (κ3) is 3.30. The first kappa shape index (κ1) is 16.6. The molecule has 0 unspecified atom stereocenters. The smallest absolute Gasteiger partial charge is 0.161 e. The van der Waals surface area contributed by atoms with Gasteiger partial charge in [0.15, 0.2) is 17.3 Å². The molecule has 0 bridgehead atoms. The van der Waals surface area contributed by atoms with Crippen LogP contribution in [0.5, 0.6) is 11.5 Å². The van der Waals surface area contributed by atoms with Crippen molar-refractivity contribution in [1.29, 1.82) is 0 Å². The maximum atomic E-state index is 5.40.